The van der Waals surface area contributed by atoms with Gasteiger partial charge >= 0.3 is 48.1 Å². The molecule has 27 heavy (non-hydrogen) atoms. The van der Waals surface area contributed by atoms with Crippen LogP contribution < -0.4 is 0 Å². The molecular weight excluding hydrogens is 441 g/mol. The van der Waals surface area contributed by atoms with Crippen LogP contribution in [-0.4, -0.2) is 53.2 Å². The van der Waals surface area contributed by atoms with Crippen molar-refractivity contribution in [3.63, 3.8) is 0 Å². The molecule has 0 spiro atoms. The zero-order valence-electron chi connectivity index (χ0n) is 11.6. The van der Waals surface area contributed by atoms with Crippen molar-refractivity contribution in [1.29, 1.82) is 0 Å². The fourth-order valence-electron chi connectivity index (χ4n) is 1.69. The summed E-state index contributed by atoms with van der Waals surface area (Å²) in [5.41, 5.74) is -15.8. The third-order valence-corrected chi connectivity index (χ3v) is 2.74. The molecule has 18 heteroatoms. The minimum Gasteiger partial charge on any atom is -0.436 e. The fraction of sp³-hybridized carbons (Fsp3) is 0.889. The van der Waals surface area contributed by atoms with Crippen LogP contribution in [-0.2, 0) is 9.53 Å². The van der Waals surface area contributed by atoms with E-state index in [0.717, 1.165) is 0 Å². The average molecular weight is 444 g/mol. The van der Waals surface area contributed by atoms with E-state index in [4.69, 9.17) is 5.11 Å². The minimum absolute atomic E-state index is 2.06. The van der Waals surface area contributed by atoms with Crippen molar-refractivity contribution in [2.75, 3.05) is 0 Å². The second-order valence-electron chi connectivity index (χ2n) is 4.65. The molecule has 0 amide bonds. The van der Waals surface area contributed by atoms with Gasteiger partial charge in [0.05, 0.1) is 0 Å². The standard InChI is InChI=1S/C9H3F15O3/c10-3(11,12)1-2(25)27-5(8(19,20)21,9(22,23)24)4(26,6(13,14)15)7(16,17)18/h26H,1H2. The number of halogens is 15. The molecule has 0 bridgehead atoms. The lowest BCUT2D eigenvalue weighted by Crippen LogP contribution is -2.81. The molecule has 0 aromatic carbocycles. The third kappa shape index (κ3) is 4.29. The smallest absolute Gasteiger partial charge is 0.436 e. The van der Waals surface area contributed by atoms with Crippen molar-refractivity contribution in [3.8, 4) is 0 Å². The Morgan fingerprint density at radius 1 is 0.630 bits per heavy atom. The highest BCUT2D eigenvalue weighted by molar-refractivity contribution is 5.71. The number of hydrogen-bond acceptors (Lipinski definition) is 3. The van der Waals surface area contributed by atoms with Gasteiger partial charge in [-0.15, -0.1) is 0 Å². The molecule has 162 valence electrons. The van der Waals surface area contributed by atoms with E-state index in [9.17, 15) is 70.7 Å². The van der Waals surface area contributed by atoms with Crippen LogP contribution in [0.15, 0.2) is 0 Å². The zero-order valence-corrected chi connectivity index (χ0v) is 11.6. The summed E-state index contributed by atoms with van der Waals surface area (Å²) in [4.78, 5) is 10.7. The normalized spacial score (nSPS) is 15.7. The molecule has 0 atom stereocenters. The number of carbonyl (C=O) groups excluding carboxylic acids is 1. The maximum atomic E-state index is 12.8. The number of hydrogen-bond donors (Lipinski definition) is 1. The van der Waals surface area contributed by atoms with E-state index in [-0.39, 0.29) is 0 Å². The molecule has 0 radical (unpaired) electrons. The van der Waals surface area contributed by atoms with E-state index in [2.05, 4.69) is 4.74 Å². The van der Waals surface area contributed by atoms with E-state index in [0.29, 0.717) is 0 Å². The lowest BCUT2D eigenvalue weighted by molar-refractivity contribution is -0.495. The molecule has 3 nitrogen and oxygen atoms in total. The van der Waals surface area contributed by atoms with Crippen molar-refractivity contribution in [1.82, 2.24) is 0 Å². The highest BCUT2D eigenvalue weighted by atomic mass is 19.4. The van der Waals surface area contributed by atoms with Crippen LogP contribution >= 0.6 is 0 Å². The van der Waals surface area contributed by atoms with Crippen molar-refractivity contribution < 1.29 is 80.5 Å². The molecule has 0 aliphatic rings. The number of alkyl halides is 15. The highest BCUT2D eigenvalue weighted by Crippen LogP contribution is 2.61. The van der Waals surface area contributed by atoms with Gasteiger partial charge in [-0.2, -0.15) is 65.9 Å². The summed E-state index contributed by atoms with van der Waals surface area (Å²) in [5, 5.41) is 8.56. The first kappa shape index (κ1) is 25.4. The number of esters is 1. The number of carbonyl (C=O) groups is 1. The summed E-state index contributed by atoms with van der Waals surface area (Å²) in [6.07, 6.45) is -41.0. The fourth-order valence-corrected chi connectivity index (χ4v) is 1.69. The minimum atomic E-state index is -7.92. The Kier molecular flexibility index (Phi) is 6.08. The molecule has 0 aromatic rings. The second-order valence-corrected chi connectivity index (χ2v) is 4.65. The van der Waals surface area contributed by atoms with Gasteiger partial charge in [0.2, 0.25) is 0 Å². The predicted molar refractivity (Wildman–Crippen MR) is 48.7 cm³/mol. The largest absolute Gasteiger partial charge is 0.441 e. The third-order valence-electron chi connectivity index (χ3n) is 2.74. The van der Waals surface area contributed by atoms with Crippen LogP contribution in [0.5, 0.6) is 0 Å². The van der Waals surface area contributed by atoms with E-state index < -0.39 is 54.5 Å². The first-order valence-corrected chi connectivity index (χ1v) is 5.63. The quantitative estimate of drug-likeness (QED) is 0.525. The van der Waals surface area contributed by atoms with Gasteiger partial charge in [0.1, 0.15) is 6.42 Å². The van der Waals surface area contributed by atoms with E-state index in [1.165, 1.54) is 0 Å². The Balaban J connectivity index is 7.09. The molecule has 0 unspecified atom stereocenters. The Hall–Kier alpha value is -1.62. The maximum absolute atomic E-state index is 12.8. The van der Waals surface area contributed by atoms with Gasteiger partial charge in [0.15, 0.2) is 0 Å². The van der Waals surface area contributed by atoms with Crippen molar-refractivity contribution in [2.45, 2.75) is 48.5 Å². The number of rotatable bonds is 3. The Morgan fingerprint density at radius 2 is 0.926 bits per heavy atom. The summed E-state index contributed by atoms with van der Waals surface area (Å²) >= 11 is 0. The second kappa shape index (κ2) is 6.47. The lowest BCUT2D eigenvalue weighted by atomic mass is 9.79. The molecular formula is C9H3F15O3. The van der Waals surface area contributed by atoms with E-state index in [1.807, 2.05) is 0 Å². The summed E-state index contributed by atoms with van der Waals surface area (Å²) < 4.78 is 190. The average Bonchev–Trinajstić information content (AvgIpc) is 2.26. The highest BCUT2D eigenvalue weighted by Gasteiger charge is 2.96. The number of aliphatic hydroxyl groups is 1. The van der Waals surface area contributed by atoms with Crippen molar-refractivity contribution >= 4 is 5.97 Å². The van der Waals surface area contributed by atoms with Crippen LogP contribution in [0, 0.1) is 0 Å². The monoisotopic (exact) mass is 444 g/mol. The van der Waals surface area contributed by atoms with Crippen LogP contribution in [0.2, 0.25) is 0 Å². The van der Waals surface area contributed by atoms with Crippen LogP contribution in [0.3, 0.4) is 0 Å². The van der Waals surface area contributed by atoms with E-state index >= 15 is 0 Å². The molecule has 0 fully saturated rings. The Labute approximate surface area is 136 Å². The Morgan fingerprint density at radius 3 is 1.11 bits per heavy atom. The predicted octanol–water partition coefficient (Wildman–Crippen LogP) is 4.20. The molecule has 0 aliphatic carbocycles. The van der Waals surface area contributed by atoms with Gasteiger partial charge in [-0.1, -0.05) is 0 Å². The summed E-state index contributed by atoms with van der Waals surface area (Å²) in [6, 6.07) is 0. The number of ether oxygens (including phenoxy) is 1. The first-order chi connectivity index (χ1) is 11.4. The SMILES string of the molecule is O=C(CC(F)(F)F)OC(C(F)(F)F)(C(F)(F)F)C(O)(C(F)(F)F)C(F)(F)F. The molecule has 0 saturated heterocycles. The Bertz CT molecular complexity index is 517. The van der Waals surface area contributed by atoms with Gasteiger partial charge in [-0.3, -0.25) is 4.79 Å². The summed E-state index contributed by atoms with van der Waals surface area (Å²) in [7, 11) is 0. The van der Waals surface area contributed by atoms with Gasteiger partial charge in [0.25, 0.3) is 0 Å². The van der Waals surface area contributed by atoms with Gasteiger partial charge in [-0.05, 0) is 0 Å². The first-order valence-electron chi connectivity index (χ1n) is 5.63. The molecule has 0 rings (SSSR count). The molecule has 0 aromatic heterocycles. The van der Waals surface area contributed by atoms with Crippen molar-refractivity contribution in [3.05, 3.63) is 0 Å². The topological polar surface area (TPSA) is 46.5 Å². The van der Waals surface area contributed by atoms with Gasteiger partial charge < -0.3 is 9.84 Å². The van der Waals surface area contributed by atoms with Crippen LogP contribution in [0.1, 0.15) is 6.42 Å². The molecule has 0 aliphatic heterocycles. The molecule has 0 saturated carbocycles. The van der Waals surface area contributed by atoms with Gasteiger partial charge in [-0.25, -0.2) is 0 Å². The van der Waals surface area contributed by atoms with Crippen molar-refractivity contribution in [2.24, 2.45) is 0 Å². The lowest BCUT2D eigenvalue weighted by Gasteiger charge is -2.47. The van der Waals surface area contributed by atoms with Crippen LogP contribution in [0.4, 0.5) is 65.9 Å². The summed E-state index contributed by atoms with van der Waals surface area (Å²) in [5.74, 6) is -3.82. The maximum Gasteiger partial charge on any atom is 0.441 e. The molecule has 0 heterocycles. The van der Waals surface area contributed by atoms with Gasteiger partial charge in [0, 0.05) is 0 Å². The zero-order chi connectivity index (χ0) is 22.5. The van der Waals surface area contributed by atoms with Crippen LogP contribution in [0.25, 0.3) is 0 Å². The van der Waals surface area contributed by atoms with E-state index in [1.54, 1.807) is 0 Å². The summed E-state index contributed by atoms with van der Waals surface area (Å²) in [6.45, 7) is 0. The molecule has 1 N–H and O–H groups in total.